The second kappa shape index (κ2) is 6.35. The minimum Gasteiger partial charge on any atom is -0.385 e. The predicted octanol–water partition coefficient (Wildman–Crippen LogP) is 0.998. The smallest absolute Gasteiger partial charge is 0.334 e. The van der Waals surface area contributed by atoms with Crippen molar-refractivity contribution in [3.63, 3.8) is 0 Å². The molecule has 1 heterocycles. The number of carbonyl (C=O) groups excluding carboxylic acids is 4. The number of hydrogen-bond acceptors (Lipinski definition) is 6. The number of nitrogens with zero attached hydrogens (tertiary/aromatic N) is 2. The Morgan fingerprint density at radius 3 is 2.07 bits per heavy atom. The minimum absolute atomic E-state index is 0.0580. The van der Waals surface area contributed by atoms with E-state index in [1.165, 1.54) is 4.90 Å². The molecule has 27 heavy (non-hydrogen) atoms. The molecule has 1 aliphatic heterocycles. The van der Waals surface area contributed by atoms with E-state index < -0.39 is 17.8 Å². The zero-order chi connectivity index (χ0) is 19.3. The standard InChI is InChI=1S/C19H26N4O4/c20-15(21)14-16(25)22(10-11-2-1-3-11)18(27)23(17(14)26)12-4-6-19(7-5-12)8-13(24)9-19/h11-12H,1-10,20-21H2. The van der Waals surface area contributed by atoms with Gasteiger partial charge in [-0.25, -0.2) is 4.79 Å². The number of Topliss-reactive ketones (excluding diaryl/α,β-unsaturated/α-hetero) is 1. The SMILES string of the molecule is NC(N)=C1C(=O)N(CC2CCC2)C(=O)N(C2CCC3(CC2)CC(=O)C3)C1=O. The van der Waals surface area contributed by atoms with Crippen molar-refractivity contribution in [1.29, 1.82) is 0 Å². The largest absolute Gasteiger partial charge is 0.385 e. The van der Waals surface area contributed by atoms with Crippen LogP contribution in [0.3, 0.4) is 0 Å². The van der Waals surface area contributed by atoms with Crippen molar-refractivity contribution in [2.75, 3.05) is 6.54 Å². The quantitative estimate of drug-likeness (QED) is 0.560. The van der Waals surface area contributed by atoms with E-state index in [9.17, 15) is 19.2 Å². The number of hydrogen-bond donors (Lipinski definition) is 2. The van der Waals surface area contributed by atoms with Gasteiger partial charge in [0.2, 0.25) is 0 Å². The number of ketones is 1. The topological polar surface area (TPSA) is 127 Å². The molecule has 0 bridgehead atoms. The van der Waals surface area contributed by atoms with E-state index in [0.29, 0.717) is 32.2 Å². The van der Waals surface area contributed by atoms with Gasteiger partial charge < -0.3 is 11.5 Å². The maximum atomic E-state index is 13.0. The number of imide groups is 2. The van der Waals surface area contributed by atoms with Crippen LogP contribution in [0.1, 0.15) is 57.8 Å². The van der Waals surface area contributed by atoms with E-state index in [2.05, 4.69) is 0 Å². The van der Waals surface area contributed by atoms with E-state index >= 15 is 0 Å². The summed E-state index contributed by atoms with van der Waals surface area (Å²) in [7, 11) is 0. The highest BCUT2D eigenvalue weighted by Gasteiger charge is 2.51. The predicted molar refractivity (Wildman–Crippen MR) is 95.6 cm³/mol. The molecule has 3 aliphatic carbocycles. The van der Waals surface area contributed by atoms with Crippen molar-refractivity contribution in [1.82, 2.24) is 9.80 Å². The van der Waals surface area contributed by atoms with Crippen LogP contribution >= 0.6 is 0 Å². The van der Waals surface area contributed by atoms with Gasteiger partial charge in [-0.15, -0.1) is 0 Å². The fourth-order valence-corrected chi connectivity index (χ4v) is 4.93. The average molecular weight is 374 g/mol. The molecule has 1 saturated heterocycles. The summed E-state index contributed by atoms with van der Waals surface area (Å²) in [6.07, 6.45) is 7.17. The Labute approximate surface area is 157 Å². The summed E-state index contributed by atoms with van der Waals surface area (Å²) < 4.78 is 0. The van der Waals surface area contributed by atoms with Crippen LogP contribution < -0.4 is 11.5 Å². The molecule has 4 fully saturated rings. The summed E-state index contributed by atoms with van der Waals surface area (Å²) in [5.74, 6) is -1.12. The Kier molecular flexibility index (Phi) is 4.24. The van der Waals surface area contributed by atoms with Gasteiger partial charge in [-0.3, -0.25) is 24.2 Å². The molecule has 8 nitrogen and oxygen atoms in total. The molecule has 146 valence electrons. The fourth-order valence-electron chi connectivity index (χ4n) is 4.93. The first kappa shape index (κ1) is 18.0. The fraction of sp³-hybridized carbons (Fsp3) is 0.684. The van der Waals surface area contributed by atoms with Gasteiger partial charge in [-0.1, -0.05) is 6.42 Å². The Hall–Kier alpha value is -2.38. The molecule has 4 amide bonds. The molecule has 0 unspecified atom stereocenters. The zero-order valence-corrected chi connectivity index (χ0v) is 15.4. The van der Waals surface area contributed by atoms with E-state index in [4.69, 9.17) is 11.5 Å². The highest BCUT2D eigenvalue weighted by atomic mass is 16.2. The molecule has 0 aromatic rings. The first-order chi connectivity index (χ1) is 12.8. The van der Waals surface area contributed by atoms with Gasteiger partial charge in [-0.05, 0) is 49.9 Å². The number of barbiturate groups is 1. The van der Waals surface area contributed by atoms with Gasteiger partial charge in [0.1, 0.15) is 17.2 Å². The first-order valence-electron chi connectivity index (χ1n) is 9.78. The van der Waals surface area contributed by atoms with Crippen molar-refractivity contribution in [2.24, 2.45) is 22.8 Å². The summed E-state index contributed by atoms with van der Waals surface area (Å²) in [4.78, 5) is 52.4. The number of carbonyl (C=O) groups is 4. The highest BCUT2D eigenvalue weighted by Crippen LogP contribution is 2.50. The third kappa shape index (κ3) is 2.91. The molecule has 0 aromatic carbocycles. The van der Waals surface area contributed by atoms with Crippen LogP contribution in [-0.4, -0.2) is 46.0 Å². The lowest BCUT2D eigenvalue weighted by Crippen LogP contribution is -2.62. The van der Waals surface area contributed by atoms with Gasteiger partial charge in [0.15, 0.2) is 0 Å². The van der Waals surface area contributed by atoms with E-state index in [1.54, 1.807) is 0 Å². The molecule has 4 N–H and O–H groups in total. The number of nitrogens with two attached hydrogens (primary N) is 2. The van der Waals surface area contributed by atoms with Crippen LogP contribution in [0.15, 0.2) is 11.4 Å². The summed E-state index contributed by atoms with van der Waals surface area (Å²) in [6.45, 7) is 0.309. The van der Waals surface area contributed by atoms with Gasteiger partial charge in [0.25, 0.3) is 11.8 Å². The normalized spacial score (nSPS) is 26.4. The van der Waals surface area contributed by atoms with E-state index in [1.807, 2.05) is 0 Å². The van der Waals surface area contributed by atoms with Gasteiger partial charge in [0, 0.05) is 25.4 Å². The van der Waals surface area contributed by atoms with E-state index in [0.717, 1.165) is 37.0 Å². The summed E-state index contributed by atoms with van der Waals surface area (Å²) >= 11 is 0. The summed E-state index contributed by atoms with van der Waals surface area (Å²) in [5.41, 5.74) is 11.0. The van der Waals surface area contributed by atoms with Crippen molar-refractivity contribution >= 4 is 23.6 Å². The van der Waals surface area contributed by atoms with Crippen LogP contribution in [0.2, 0.25) is 0 Å². The second-order valence-corrected chi connectivity index (χ2v) is 8.62. The van der Waals surface area contributed by atoms with Crippen molar-refractivity contribution < 1.29 is 19.2 Å². The molecular weight excluding hydrogens is 348 g/mol. The van der Waals surface area contributed by atoms with Crippen molar-refractivity contribution in [3.8, 4) is 0 Å². The molecule has 0 atom stereocenters. The Morgan fingerprint density at radius 2 is 1.59 bits per heavy atom. The third-order valence-corrected chi connectivity index (χ3v) is 6.81. The average Bonchev–Trinajstić information content (AvgIpc) is 2.53. The zero-order valence-electron chi connectivity index (χ0n) is 15.4. The molecular formula is C19H26N4O4. The lowest BCUT2D eigenvalue weighted by molar-refractivity contribution is -0.142. The Morgan fingerprint density at radius 1 is 0.963 bits per heavy atom. The van der Waals surface area contributed by atoms with Crippen LogP contribution in [-0.2, 0) is 14.4 Å². The molecule has 3 saturated carbocycles. The Balaban J connectivity index is 1.55. The summed E-state index contributed by atoms with van der Waals surface area (Å²) in [6, 6.07) is -0.829. The molecule has 0 radical (unpaired) electrons. The lowest BCUT2D eigenvalue weighted by atomic mass is 9.59. The first-order valence-corrected chi connectivity index (χ1v) is 9.78. The lowest BCUT2D eigenvalue weighted by Gasteiger charge is -2.48. The van der Waals surface area contributed by atoms with Gasteiger partial charge >= 0.3 is 6.03 Å². The summed E-state index contributed by atoms with van der Waals surface area (Å²) in [5, 5.41) is 0. The van der Waals surface area contributed by atoms with Crippen LogP contribution in [0.25, 0.3) is 0 Å². The molecule has 8 heteroatoms. The van der Waals surface area contributed by atoms with Crippen LogP contribution in [0, 0.1) is 11.3 Å². The number of rotatable bonds is 3. The molecule has 1 spiro atoms. The number of urea groups is 1. The monoisotopic (exact) mass is 374 g/mol. The molecule has 4 aliphatic rings. The van der Waals surface area contributed by atoms with Crippen LogP contribution in [0.5, 0.6) is 0 Å². The van der Waals surface area contributed by atoms with E-state index in [-0.39, 0.29) is 34.6 Å². The maximum Gasteiger partial charge on any atom is 0.334 e. The van der Waals surface area contributed by atoms with Crippen molar-refractivity contribution in [3.05, 3.63) is 11.4 Å². The molecule has 0 aromatic heterocycles. The van der Waals surface area contributed by atoms with Gasteiger partial charge in [-0.2, -0.15) is 0 Å². The molecule has 4 rings (SSSR count). The number of amides is 4. The minimum atomic E-state index is -0.680. The third-order valence-electron chi connectivity index (χ3n) is 6.81. The second-order valence-electron chi connectivity index (χ2n) is 8.62. The van der Waals surface area contributed by atoms with Crippen LogP contribution in [0.4, 0.5) is 4.79 Å². The Bertz CT molecular complexity index is 733. The maximum absolute atomic E-state index is 13.0. The highest BCUT2D eigenvalue weighted by molar-refractivity contribution is 6.29. The van der Waals surface area contributed by atoms with Gasteiger partial charge in [0.05, 0.1) is 0 Å². The van der Waals surface area contributed by atoms with Crippen molar-refractivity contribution in [2.45, 2.75) is 63.8 Å².